The first-order chi connectivity index (χ1) is 9.15. The van der Waals surface area contributed by atoms with Crippen LogP contribution < -0.4 is 10.6 Å². The molecule has 0 aromatic heterocycles. The number of nitrogens with one attached hydrogen (secondary N) is 2. The Morgan fingerprint density at radius 2 is 1.85 bits per heavy atom. The molecule has 0 aliphatic rings. The monoisotopic (exact) mass is 288 g/mol. The predicted molar refractivity (Wildman–Crippen MR) is 73.3 cm³/mol. The fourth-order valence-corrected chi connectivity index (χ4v) is 1.41. The summed E-state index contributed by atoms with van der Waals surface area (Å²) in [6.07, 6.45) is 1.34. The van der Waals surface area contributed by atoms with E-state index in [0.29, 0.717) is 6.42 Å². The van der Waals surface area contributed by atoms with E-state index in [9.17, 15) is 14.4 Å². The Hall–Kier alpha value is -1.79. The Morgan fingerprint density at radius 1 is 1.25 bits per heavy atom. The first kappa shape index (κ1) is 18.2. The average Bonchev–Trinajstić information content (AvgIpc) is 2.28. The standard InChI is InChI=1S/C13H24N2O5/c1-5-6-7-9(11(18)14-8-10(16)17)15-12(19)20-13(2,3)4/h9H,5-8H2,1-4H3,(H,14,18)(H,15,19)(H,16,17)/t9-/m1/s1. The lowest BCUT2D eigenvalue weighted by Crippen LogP contribution is -2.49. The Bertz CT molecular complexity index is 349. The second-order valence-corrected chi connectivity index (χ2v) is 5.45. The van der Waals surface area contributed by atoms with Crippen molar-refractivity contribution in [1.29, 1.82) is 0 Å². The molecule has 0 saturated carbocycles. The number of alkyl carbamates (subject to hydrolysis) is 1. The van der Waals surface area contributed by atoms with Crippen molar-refractivity contribution in [3.05, 3.63) is 0 Å². The van der Waals surface area contributed by atoms with Crippen LogP contribution in [-0.2, 0) is 14.3 Å². The third-order valence-electron chi connectivity index (χ3n) is 2.27. The van der Waals surface area contributed by atoms with E-state index in [1.54, 1.807) is 20.8 Å². The van der Waals surface area contributed by atoms with Crippen LogP contribution in [0.25, 0.3) is 0 Å². The van der Waals surface area contributed by atoms with Crippen LogP contribution >= 0.6 is 0 Å². The van der Waals surface area contributed by atoms with Crippen molar-refractivity contribution in [2.24, 2.45) is 0 Å². The first-order valence-electron chi connectivity index (χ1n) is 6.64. The summed E-state index contributed by atoms with van der Waals surface area (Å²) in [7, 11) is 0. The van der Waals surface area contributed by atoms with E-state index in [1.165, 1.54) is 0 Å². The summed E-state index contributed by atoms with van der Waals surface area (Å²) >= 11 is 0. The van der Waals surface area contributed by atoms with Crippen molar-refractivity contribution >= 4 is 18.0 Å². The van der Waals surface area contributed by atoms with Crippen molar-refractivity contribution in [3.8, 4) is 0 Å². The van der Waals surface area contributed by atoms with Gasteiger partial charge < -0.3 is 20.5 Å². The SMILES string of the molecule is CCCC[C@@H](NC(=O)OC(C)(C)C)C(=O)NCC(=O)O. The number of rotatable bonds is 7. The Morgan fingerprint density at radius 3 is 2.30 bits per heavy atom. The highest BCUT2D eigenvalue weighted by atomic mass is 16.6. The van der Waals surface area contributed by atoms with Gasteiger partial charge in [0, 0.05) is 0 Å². The average molecular weight is 288 g/mol. The summed E-state index contributed by atoms with van der Waals surface area (Å²) in [6.45, 7) is 6.64. The van der Waals surface area contributed by atoms with Crippen molar-refractivity contribution in [2.45, 2.75) is 58.6 Å². The lowest BCUT2D eigenvalue weighted by Gasteiger charge is -2.23. The molecule has 0 fully saturated rings. The second-order valence-electron chi connectivity index (χ2n) is 5.45. The maximum Gasteiger partial charge on any atom is 0.408 e. The molecule has 0 aromatic carbocycles. The normalized spacial score (nSPS) is 12.4. The Balaban J connectivity index is 4.50. The van der Waals surface area contributed by atoms with Gasteiger partial charge >= 0.3 is 12.1 Å². The van der Waals surface area contributed by atoms with Gasteiger partial charge in [0.2, 0.25) is 5.91 Å². The molecule has 0 unspecified atom stereocenters. The van der Waals surface area contributed by atoms with Crippen molar-refractivity contribution in [3.63, 3.8) is 0 Å². The lowest BCUT2D eigenvalue weighted by molar-refractivity contribution is -0.138. The molecular weight excluding hydrogens is 264 g/mol. The highest BCUT2D eigenvalue weighted by molar-refractivity contribution is 5.87. The van der Waals surface area contributed by atoms with Crippen LogP contribution in [0.1, 0.15) is 47.0 Å². The van der Waals surface area contributed by atoms with E-state index < -0.39 is 36.2 Å². The molecule has 116 valence electrons. The second kappa shape index (κ2) is 8.39. The molecule has 0 rings (SSSR count). The third-order valence-corrected chi connectivity index (χ3v) is 2.27. The van der Waals surface area contributed by atoms with Crippen LogP contribution in [0.2, 0.25) is 0 Å². The molecule has 0 saturated heterocycles. The lowest BCUT2D eigenvalue weighted by atomic mass is 10.1. The van der Waals surface area contributed by atoms with E-state index in [2.05, 4.69) is 10.6 Å². The molecule has 0 aromatic rings. The number of carbonyl (C=O) groups excluding carboxylic acids is 2. The smallest absolute Gasteiger partial charge is 0.408 e. The van der Waals surface area contributed by atoms with Gasteiger partial charge in [0.1, 0.15) is 18.2 Å². The molecule has 0 radical (unpaired) electrons. The van der Waals surface area contributed by atoms with Gasteiger partial charge in [0.15, 0.2) is 0 Å². The van der Waals surface area contributed by atoms with E-state index in [-0.39, 0.29) is 0 Å². The third kappa shape index (κ3) is 9.18. The zero-order valence-corrected chi connectivity index (χ0v) is 12.5. The number of ether oxygens (including phenoxy) is 1. The maximum absolute atomic E-state index is 11.8. The Labute approximate surface area is 119 Å². The van der Waals surface area contributed by atoms with Crippen LogP contribution in [0.15, 0.2) is 0 Å². The number of carbonyl (C=O) groups is 3. The molecule has 7 heteroatoms. The fraction of sp³-hybridized carbons (Fsp3) is 0.769. The minimum atomic E-state index is -1.13. The first-order valence-corrected chi connectivity index (χ1v) is 6.64. The van der Waals surface area contributed by atoms with Gasteiger partial charge in [-0.15, -0.1) is 0 Å². The number of aliphatic carboxylic acids is 1. The summed E-state index contributed by atoms with van der Waals surface area (Å²) in [5.74, 6) is -1.66. The zero-order valence-electron chi connectivity index (χ0n) is 12.5. The highest BCUT2D eigenvalue weighted by Crippen LogP contribution is 2.08. The van der Waals surface area contributed by atoms with Gasteiger partial charge in [-0.25, -0.2) is 4.79 Å². The number of hydrogen-bond donors (Lipinski definition) is 3. The van der Waals surface area contributed by atoms with Gasteiger partial charge in [-0.1, -0.05) is 19.8 Å². The minimum absolute atomic E-state index is 0.432. The number of hydrogen-bond acceptors (Lipinski definition) is 4. The summed E-state index contributed by atoms with van der Waals surface area (Å²) < 4.78 is 5.08. The Kier molecular flexibility index (Phi) is 7.64. The number of carboxylic acid groups (broad SMARTS) is 1. The molecule has 0 spiro atoms. The summed E-state index contributed by atoms with van der Waals surface area (Å²) in [6, 6.07) is -0.788. The van der Waals surface area contributed by atoms with Crippen LogP contribution in [-0.4, -0.2) is 41.3 Å². The van der Waals surface area contributed by atoms with E-state index >= 15 is 0 Å². The molecule has 2 amide bonds. The molecule has 7 nitrogen and oxygen atoms in total. The van der Waals surface area contributed by atoms with Gasteiger partial charge in [-0.05, 0) is 27.2 Å². The van der Waals surface area contributed by atoms with Crippen molar-refractivity contribution in [2.75, 3.05) is 6.54 Å². The topological polar surface area (TPSA) is 105 Å². The van der Waals surface area contributed by atoms with Crippen molar-refractivity contribution in [1.82, 2.24) is 10.6 Å². The largest absolute Gasteiger partial charge is 0.480 e. The van der Waals surface area contributed by atoms with Gasteiger partial charge in [0.25, 0.3) is 0 Å². The van der Waals surface area contributed by atoms with Gasteiger partial charge in [0.05, 0.1) is 0 Å². The molecule has 1 atom stereocenters. The van der Waals surface area contributed by atoms with Gasteiger partial charge in [-0.2, -0.15) is 0 Å². The maximum atomic E-state index is 11.8. The predicted octanol–water partition coefficient (Wildman–Crippen LogP) is 1.27. The quantitative estimate of drug-likeness (QED) is 0.654. The molecule has 0 aliphatic carbocycles. The fourth-order valence-electron chi connectivity index (χ4n) is 1.41. The molecule has 0 bridgehead atoms. The van der Waals surface area contributed by atoms with E-state index in [4.69, 9.17) is 9.84 Å². The molecule has 0 heterocycles. The van der Waals surface area contributed by atoms with Crippen LogP contribution in [0.4, 0.5) is 4.79 Å². The van der Waals surface area contributed by atoms with E-state index in [0.717, 1.165) is 12.8 Å². The zero-order chi connectivity index (χ0) is 15.8. The summed E-state index contributed by atoms with van der Waals surface area (Å²) in [5, 5.41) is 13.2. The number of carboxylic acids is 1. The van der Waals surface area contributed by atoms with Crippen LogP contribution in [0.3, 0.4) is 0 Å². The van der Waals surface area contributed by atoms with E-state index in [1.807, 2.05) is 6.92 Å². The van der Waals surface area contributed by atoms with Crippen LogP contribution in [0, 0.1) is 0 Å². The molecule has 3 N–H and O–H groups in total. The minimum Gasteiger partial charge on any atom is -0.480 e. The number of unbranched alkanes of at least 4 members (excludes halogenated alkanes) is 1. The molecule has 0 aliphatic heterocycles. The highest BCUT2D eigenvalue weighted by Gasteiger charge is 2.24. The summed E-state index contributed by atoms with van der Waals surface area (Å²) in [5.41, 5.74) is -0.656. The number of amides is 2. The van der Waals surface area contributed by atoms with Gasteiger partial charge in [-0.3, -0.25) is 9.59 Å². The van der Waals surface area contributed by atoms with Crippen LogP contribution in [0.5, 0.6) is 0 Å². The van der Waals surface area contributed by atoms with Crippen molar-refractivity contribution < 1.29 is 24.2 Å². The summed E-state index contributed by atoms with van der Waals surface area (Å²) in [4.78, 5) is 33.9. The molecule has 20 heavy (non-hydrogen) atoms. The molecular formula is C13H24N2O5.